The molecule has 0 heterocycles. The molecule has 1 aromatic rings. The first-order valence-electron chi connectivity index (χ1n) is 4.27. The minimum atomic E-state index is -1.13. The van der Waals surface area contributed by atoms with E-state index in [1.165, 1.54) is 18.2 Å². The Morgan fingerprint density at radius 3 is 2.38 bits per heavy atom. The summed E-state index contributed by atoms with van der Waals surface area (Å²) in [4.78, 5) is 22.0. The first kappa shape index (κ1) is 13.3. The Kier molecular flexibility index (Phi) is 4.59. The van der Waals surface area contributed by atoms with E-state index in [4.69, 9.17) is 39.9 Å². The van der Waals surface area contributed by atoms with Crippen molar-refractivity contribution in [3.63, 3.8) is 0 Å². The molecule has 0 aliphatic carbocycles. The van der Waals surface area contributed by atoms with Crippen molar-refractivity contribution in [1.82, 2.24) is 0 Å². The van der Waals surface area contributed by atoms with Crippen LogP contribution in [0.1, 0.15) is 16.8 Å². The molecule has 0 fully saturated rings. The van der Waals surface area contributed by atoms with Crippen LogP contribution in [0.5, 0.6) is 0 Å². The Morgan fingerprint density at radius 2 is 1.88 bits per heavy atom. The van der Waals surface area contributed by atoms with Gasteiger partial charge in [-0.25, -0.2) is 0 Å². The van der Waals surface area contributed by atoms with Gasteiger partial charge in [-0.05, 0) is 18.2 Å². The zero-order valence-corrected chi connectivity index (χ0v) is 10.2. The molecule has 86 valence electrons. The minimum Gasteiger partial charge on any atom is -0.481 e. The maximum Gasteiger partial charge on any atom is 0.305 e. The predicted octanol–water partition coefficient (Wildman–Crippen LogP) is 3.26. The van der Waals surface area contributed by atoms with Crippen molar-refractivity contribution in [1.29, 1.82) is 0 Å². The van der Waals surface area contributed by atoms with Gasteiger partial charge in [-0.1, -0.05) is 23.2 Å². The molecule has 1 aromatic carbocycles. The molecular weight excluding hydrogens is 274 g/mol. The van der Waals surface area contributed by atoms with Gasteiger partial charge < -0.3 is 5.11 Å². The van der Waals surface area contributed by atoms with Gasteiger partial charge in [0.05, 0.1) is 16.5 Å². The van der Waals surface area contributed by atoms with Crippen LogP contribution in [0.15, 0.2) is 18.2 Å². The molecule has 0 saturated heterocycles. The predicted molar refractivity (Wildman–Crippen MR) is 62.7 cm³/mol. The van der Waals surface area contributed by atoms with Gasteiger partial charge in [0.25, 0.3) is 0 Å². The second kappa shape index (κ2) is 5.53. The topological polar surface area (TPSA) is 54.4 Å². The Morgan fingerprint density at radius 1 is 1.25 bits per heavy atom. The molecule has 0 aliphatic heterocycles. The summed E-state index contributed by atoms with van der Waals surface area (Å²) < 4.78 is 0. The number of hydrogen-bond donors (Lipinski definition) is 1. The number of alkyl halides is 1. The van der Waals surface area contributed by atoms with E-state index in [0.29, 0.717) is 5.02 Å². The summed E-state index contributed by atoms with van der Waals surface area (Å²) in [5.74, 6) is -1.61. The number of hydrogen-bond acceptors (Lipinski definition) is 2. The number of benzene rings is 1. The molecule has 6 heteroatoms. The van der Waals surface area contributed by atoms with Gasteiger partial charge in [-0.2, -0.15) is 0 Å². The van der Waals surface area contributed by atoms with Crippen molar-refractivity contribution in [2.45, 2.75) is 11.8 Å². The highest BCUT2D eigenvalue weighted by molar-refractivity contribution is 6.42. The van der Waals surface area contributed by atoms with E-state index >= 15 is 0 Å². The van der Waals surface area contributed by atoms with E-state index in [0.717, 1.165) is 0 Å². The number of rotatable bonds is 4. The van der Waals surface area contributed by atoms with Crippen molar-refractivity contribution in [3.8, 4) is 0 Å². The third kappa shape index (κ3) is 3.37. The summed E-state index contributed by atoms with van der Waals surface area (Å²) in [6, 6.07) is 4.28. The molecule has 0 amide bonds. The van der Waals surface area contributed by atoms with Gasteiger partial charge in [0.15, 0.2) is 5.78 Å². The highest BCUT2D eigenvalue weighted by atomic mass is 35.5. The number of carboxylic acids is 1. The summed E-state index contributed by atoms with van der Waals surface area (Å²) in [5, 5.41) is 7.94. The quantitative estimate of drug-likeness (QED) is 0.681. The molecular formula is C10H7Cl3O3. The van der Waals surface area contributed by atoms with Gasteiger partial charge >= 0.3 is 5.97 Å². The number of carbonyl (C=O) groups is 2. The summed E-state index contributed by atoms with van der Waals surface area (Å²) in [5.41, 5.74) is 0.246. The Hall–Kier alpha value is -0.770. The normalized spacial score (nSPS) is 12.2. The van der Waals surface area contributed by atoms with Crippen molar-refractivity contribution in [3.05, 3.63) is 33.8 Å². The summed E-state index contributed by atoms with van der Waals surface area (Å²) in [7, 11) is 0. The molecule has 1 rings (SSSR count). The number of halogens is 3. The fraction of sp³-hybridized carbons (Fsp3) is 0.200. The number of aliphatic carboxylic acids is 1. The van der Waals surface area contributed by atoms with Gasteiger partial charge in [-0.15, -0.1) is 11.6 Å². The van der Waals surface area contributed by atoms with Gasteiger partial charge in [0.1, 0.15) is 5.38 Å². The summed E-state index contributed by atoms with van der Waals surface area (Å²) >= 11 is 17.1. The maximum atomic E-state index is 11.6. The zero-order chi connectivity index (χ0) is 12.3. The largest absolute Gasteiger partial charge is 0.481 e. The van der Waals surface area contributed by atoms with Crippen molar-refractivity contribution in [2.75, 3.05) is 0 Å². The molecule has 0 saturated carbocycles. The third-order valence-electron chi connectivity index (χ3n) is 1.84. The van der Waals surface area contributed by atoms with E-state index in [1.54, 1.807) is 0 Å². The van der Waals surface area contributed by atoms with E-state index in [9.17, 15) is 9.59 Å². The van der Waals surface area contributed by atoms with Crippen LogP contribution < -0.4 is 0 Å². The van der Waals surface area contributed by atoms with Crippen LogP contribution in [-0.2, 0) is 4.79 Å². The molecule has 0 spiro atoms. The number of carboxylic acid groups (broad SMARTS) is 1. The van der Waals surface area contributed by atoms with Gasteiger partial charge in [0, 0.05) is 5.56 Å². The Labute approximate surface area is 107 Å². The molecule has 1 unspecified atom stereocenters. The fourth-order valence-corrected chi connectivity index (χ4v) is 1.63. The molecule has 0 aliphatic rings. The van der Waals surface area contributed by atoms with Crippen LogP contribution in [0, 0.1) is 0 Å². The van der Waals surface area contributed by atoms with Crippen LogP contribution >= 0.6 is 34.8 Å². The van der Waals surface area contributed by atoms with Crippen LogP contribution in [0.3, 0.4) is 0 Å². The van der Waals surface area contributed by atoms with E-state index in [2.05, 4.69) is 0 Å². The minimum absolute atomic E-state index is 0.228. The smallest absolute Gasteiger partial charge is 0.305 e. The number of carbonyl (C=O) groups excluding carboxylic acids is 1. The Bertz CT molecular complexity index is 431. The van der Waals surface area contributed by atoms with Crippen LogP contribution in [0.4, 0.5) is 0 Å². The second-order valence-electron chi connectivity index (χ2n) is 3.06. The monoisotopic (exact) mass is 280 g/mol. The zero-order valence-electron chi connectivity index (χ0n) is 7.91. The molecule has 0 bridgehead atoms. The lowest BCUT2D eigenvalue weighted by atomic mass is 10.1. The van der Waals surface area contributed by atoms with Crippen molar-refractivity contribution >= 4 is 46.6 Å². The second-order valence-corrected chi connectivity index (χ2v) is 4.40. The molecule has 1 atom stereocenters. The molecule has 0 radical (unpaired) electrons. The number of ketones is 1. The average molecular weight is 282 g/mol. The van der Waals surface area contributed by atoms with E-state index < -0.39 is 23.6 Å². The molecule has 1 N–H and O–H groups in total. The molecule has 16 heavy (non-hydrogen) atoms. The summed E-state index contributed by atoms with van der Waals surface area (Å²) in [6.07, 6.45) is -0.430. The van der Waals surface area contributed by atoms with Crippen molar-refractivity contribution in [2.24, 2.45) is 0 Å². The van der Waals surface area contributed by atoms with Crippen LogP contribution in [0.2, 0.25) is 10.0 Å². The number of Topliss-reactive ketones (excluding diaryl/α,β-unsaturated/α-hetero) is 1. The molecule has 0 aromatic heterocycles. The lowest BCUT2D eigenvalue weighted by Gasteiger charge is -2.06. The Balaban J connectivity index is 2.88. The molecule has 3 nitrogen and oxygen atoms in total. The highest BCUT2D eigenvalue weighted by Crippen LogP contribution is 2.24. The standard InChI is InChI=1S/C10H7Cl3O3/c11-6-2-1-5(3-7(6)12)10(16)8(13)4-9(14)15/h1-3,8H,4H2,(H,14,15). The lowest BCUT2D eigenvalue weighted by molar-refractivity contribution is -0.136. The first-order chi connectivity index (χ1) is 7.41. The lowest BCUT2D eigenvalue weighted by Crippen LogP contribution is -2.18. The van der Waals surface area contributed by atoms with Crippen LogP contribution in [0.25, 0.3) is 0 Å². The maximum absolute atomic E-state index is 11.6. The van der Waals surface area contributed by atoms with Crippen LogP contribution in [-0.4, -0.2) is 22.2 Å². The summed E-state index contributed by atoms with van der Waals surface area (Å²) in [6.45, 7) is 0. The highest BCUT2D eigenvalue weighted by Gasteiger charge is 2.20. The third-order valence-corrected chi connectivity index (χ3v) is 2.93. The fourth-order valence-electron chi connectivity index (χ4n) is 1.08. The van der Waals surface area contributed by atoms with E-state index in [-0.39, 0.29) is 10.6 Å². The average Bonchev–Trinajstić information content (AvgIpc) is 2.20. The van der Waals surface area contributed by atoms with Gasteiger partial charge in [0.2, 0.25) is 0 Å². The van der Waals surface area contributed by atoms with Crippen molar-refractivity contribution < 1.29 is 14.7 Å². The van der Waals surface area contributed by atoms with E-state index in [1.807, 2.05) is 0 Å². The SMILES string of the molecule is O=C(O)CC(Cl)C(=O)c1ccc(Cl)c(Cl)c1. The van der Waals surface area contributed by atoms with Gasteiger partial charge in [-0.3, -0.25) is 9.59 Å². The first-order valence-corrected chi connectivity index (χ1v) is 5.46.